The minimum absolute atomic E-state index is 0.727. The molecule has 1 aromatic rings. The van der Waals surface area contributed by atoms with Crippen LogP contribution in [0.1, 0.15) is 45.1 Å². The highest BCUT2D eigenvalue weighted by molar-refractivity contribution is 5.27. The van der Waals surface area contributed by atoms with Crippen molar-refractivity contribution in [1.29, 1.82) is 0 Å². The zero-order chi connectivity index (χ0) is 13.5. The van der Waals surface area contributed by atoms with E-state index in [1.165, 1.54) is 31.4 Å². The molecule has 1 atom stereocenters. The number of likely N-dealkylation sites (tertiary alicyclic amines) is 1. The van der Waals surface area contributed by atoms with Crippen molar-refractivity contribution >= 4 is 0 Å². The van der Waals surface area contributed by atoms with Crippen molar-refractivity contribution in [3.63, 3.8) is 0 Å². The minimum Gasteiger partial charge on any atom is -0.494 e. The lowest BCUT2D eigenvalue weighted by molar-refractivity contribution is 0.158. The van der Waals surface area contributed by atoms with Crippen LogP contribution in [0.4, 0.5) is 0 Å². The number of nitrogens with zero attached hydrogens (tertiary/aromatic N) is 1. The van der Waals surface area contributed by atoms with Gasteiger partial charge in [-0.15, -0.1) is 0 Å². The van der Waals surface area contributed by atoms with Crippen LogP contribution in [0.5, 0.6) is 5.75 Å². The van der Waals surface area contributed by atoms with Gasteiger partial charge in [-0.25, -0.2) is 0 Å². The number of rotatable bonds is 6. The fourth-order valence-corrected chi connectivity index (χ4v) is 2.68. The second kappa shape index (κ2) is 7.54. The molecule has 0 amide bonds. The Hall–Kier alpha value is -1.02. The fourth-order valence-electron chi connectivity index (χ4n) is 2.68. The lowest BCUT2D eigenvalue weighted by Gasteiger charge is -2.35. The summed E-state index contributed by atoms with van der Waals surface area (Å²) in [6.45, 7) is 7.50. The standard InChI is InChI=1S/C17H26NO/c1-3-13-19-17-10-8-15(9-11-17)14-18-12-6-5-7-16(18)4-2/h5,8-11,16H,3-4,6-7,12-14H2,1-2H3. The van der Waals surface area contributed by atoms with Gasteiger partial charge < -0.3 is 4.74 Å². The Morgan fingerprint density at radius 2 is 2.00 bits per heavy atom. The van der Waals surface area contributed by atoms with Gasteiger partial charge in [0.25, 0.3) is 0 Å². The van der Waals surface area contributed by atoms with Crippen molar-refractivity contribution < 1.29 is 4.74 Å². The Balaban J connectivity index is 1.90. The second-order valence-corrected chi connectivity index (χ2v) is 5.34. The fraction of sp³-hybridized carbons (Fsp3) is 0.588. The molecule has 1 heterocycles. The molecule has 0 N–H and O–H groups in total. The Morgan fingerprint density at radius 1 is 1.21 bits per heavy atom. The first kappa shape index (κ1) is 14.4. The van der Waals surface area contributed by atoms with Gasteiger partial charge in [0.1, 0.15) is 5.75 Å². The molecule has 0 spiro atoms. The number of ether oxygens (including phenoxy) is 1. The van der Waals surface area contributed by atoms with Gasteiger partial charge in [0.2, 0.25) is 0 Å². The van der Waals surface area contributed by atoms with Crippen LogP contribution >= 0.6 is 0 Å². The molecule has 2 nitrogen and oxygen atoms in total. The van der Waals surface area contributed by atoms with Crippen LogP contribution in [0, 0.1) is 6.42 Å². The molecule has 1 aromatic carbocycles. The van der Waals surface area contributed by atoms with Crippen LogP contribution in [0.3, 0.4) is 0 Å². The SMILES string of the molecule is CCCOc1ccc(CN2CC[CH]CC2CC)cc1. The quantitative estimate of drug-likeness (QED) is 0.765. The highest BCUT2D eigenvalue weighted by Crippen LogP contribution is 2.22. The third-order valence-electron chi connectivity index (χ3n) is 3.83. The first-order chi connectivity index (χ1) is 9.33. The topological polar surface area (TPSA) is 12.5 Å². The molecule has 2 rings (SSSR count). The normalized spacial score (nSPS) is 20.4. The number of hydrogen-bond acceptors (Lipinski definition) is 2. The Morgan fingerprint density at radius 3 is 2.68 bits per heavy atom. The van der Waals surface area contributed by atoms with E-state index in [4.69, 9.17) is 4.74 Å². The van der Waals surface area contributed by atoms with E-state index < -0.39 is 0 Å². The summed E-state index contributed by atoms with van der Waals surface area (Å²) in [6, 6.07) is 9.33. The van der Waals surface area contributed by atoms with E-state index in [9.17, 15) is 0 Å². The van der Waals surface area contributed by atoms with Gasteiger partial charge >= 0.3 is 0 Å². The van der Waals surface area contributed by atoms with Crippen LogP contribution < -0.4 is 4.74 Å². The van der Waals surface area contributed by atoms with Crippen LogP contribution in [0.15, 0.2) is 24.3 Å². The van der Waals surface area contributed by atoms with Gasteiger partial charge in [-0.1, -0.05) is 26.0 Å². The molecule has 0 bridgehead atoms. The minimum atomic E-state index is 0.727. The molecule has 0 aromatic heterocycles. The molecule has 2 heteroatoms. The number of piperidine rings is 1. The van der Waals surface area contributed by atoms with Crippen LogP contribution in [-0.2, 0) is 6.54 Å². The monoisotopic (exact) mass is 260 g/mol. The van der Waals surface area contributed by atoms with Crippen LogP contribution in [0.2, 0.25) is 0 Å². The maximum Gasteiger partial charge on any atom is 0.119 e. The van der Waals surface area contributed by atoms with Crippen molar-refractivity contribution in [3.05, 3.63) is 36.2 Å². The summed E-state index contributed by atoms with van der Waals surface area (Å²) in [6.07, 6.45) is 7.22. The summed E-state index contributed by atoms with van der Waals surface area (Å²) in [4.78, 5) is 2.61. The van der Waals surface area contributed by atoms with E-state index >= 15 is 0 Å². The van der Waals surface area contributed by atoms with Gasteiger partial charge in [0.05, 0.1) is 6.61 Å². The average molecular weight is 260 g/mol. The summed E-state index contributed by atoms with van der Waals surface area (Å²) in [7, 11) is 0. The molecule has 1 aliphatic rings. The van der Waals surface area contributed by atoms with Gasteiger partial charge in [0.15, 0.2) is 0 Å². The van der Waals surface area contributed by atoms with Gasteiger partial charge in [-0.2, -0.15) is 0 Å². The van der Waals surface area contributed by atoms with E-state index in [1.54, 1.807) is 0 Å². The van der Waals surface area contributed by atoms with Crippen LogP contribution in [0.25, 0.3) is 0 Å². The summed E-state index contributed by atoms with van der Waals surface area (Å²) < 4.78 is 5.62. The second-order valence-electron chi connectivity index (χ2n) is 5.34. The van der Waals surface area contributed by atoms with Crippen molar-refractivity contribution in [3.8, 4) is 5.75 Å². The highest BCUT2D eigenvalue weighted by atomic mass is 16.5. The summed E-state index contributed by atoms with van der Waals surface area (Å²) in [5.41, 5.74) is 1.39. The molecule has 1 saturated heterocycles. The van der Waals surface area contributed by atoms with E-state index in [0.29, 0.717) is 0 Å². The average Bonchev–Trinajstić information content (AvgIpc) is 2.47. The van der Waals surface area contributed by atoms with Crippen molar-refractivity contribution in [2.75, 3.05) is 13.2 Å². The lowest BCUT2D eigenvalue weighted by Crippen LogP contribution is -2.38. The highest BCUT2D eigenvalue weighted by Gasteiger charge is 2.20. The third kappa shape index (κ3) is 4.24. The number of benzene rings is 1. The molecule has 1 radical (unpaired) electrons. The Kier molecular flexibility index (Phi) is 5.71. The van der Waals surface area contributed by atoms with E-state index in [1.807, 2.05) is 0 Å². The predicted octanol–water partition coefficient (Wildman–Crippen LogP) is 4.05. The molecule has 1 unspecified atom stereocenters. The predicted molar refractivity (Wildman–Crippen MR) is 80.3 cm³/mol. The molecule has 19 heavy (non-hydrogen) atoms. The van der Waals surface area contributed by atoms with Crippen LogP contribution in [-0.4, -0.2) is 24.1 Å². The van der Waals surface area contributed by atoms with Crippen molar-refractivity contribution in [1.82, 2.24) is 4.90 Å². The summed E-state index contributed by atoms with van der Waals surface area (Å²) in [5.74, 6) is 0.990. The first-order valence-electron chi connectivity index (χ1n) is 7.61. The summed E-state index contributed by atoms with van der Waals surface area (Å²) >= 11 is 0. The zero-order valence-electron chi connectivity index (χ0n) is 12.3. The zero-order valence-corrected chi connectivity index (χ0v) is 12.3. The Bertz CT molecular complexity index is 360. The molecule has 105 valence electrons. The molecule has 1 aliphatic heterocycles. The Labute approximate surface area is 117 Å². The van der Waals surface area contributed by atoms with E-state index in [0.717, 1.165) is 31.4 Å². The summed E-state index contributed by atoms with van der Waals surface area (Å²) in [5, 5.41) is 0. The molecular weight excluding hydrogens is 234 g/mol. The maximum atomic E-state index is 5.62. The van der Waals surface area contributed by atoms with Crippen molar-refractivity contribution in [2.45, 2.75) is 52.1 Å². The molecule has 1 fully saturated rings. The van der Waals surface area contributed by atoms with Gasteiger partial charge in [-0.05, 0) is 56.3 Å². The lowest BCUT2D eigenvalue weighted by atomic mass is 9.99. The van der Waals surface area contributed by atoms with E-state index in [2.05, 4.69) is 49.4 Å². The molecular formula is C17H26NO. The molecule has 0 saturated carbocycles. The van der Waals surface area contributed by atoms with Crippen molar-refractivity contribution in [2.24, 2.45) is 0 Å². The third-order valence-corrected chi connectivity index (χ3v) is 3.83. The first-order valence-corrected chi connectivity index (χ1v) is 7.61. The van der Waals surface area contributed by atoms with Gasteiger partial charge in [-0.3, -0.25) is 4.90 Å². The van der Waals surface area contributed by atoms with E-state index in [-0.39, 0.29) is 0 Å². The number of hydrogen-bond donors (Lipinski definition) is 0. The smallest absolute Gasteiger partial charge is 0.119 e. The largest absolute Gasteiger partial charge is 0.494 e. The van der Waals surface area contributed by atoms with Gasteiger partial charge in [0, 0.05) is 12.6 Å². The maximum absolute atomic E-state index is 5.62. The molecule has 0 aliphatic carbocycles.